The van der Waals surface area contributed by atoms with Gasteiger partial charge in [-0.15, -0.1) is 5.10 Å². The summed E-state index contributed by atoms with van der Waals surface area (Å²) in [5.74, 6) is 0.721. The molecule has 0 saturated heterocycles. The molecular weight excluding hydrogens is 236 g/mol. The average Bonchev–Trinajstić information content (AvgIpc) is 2.77. The van der Waals surface area contributed by atoms with E-state index in [9.17, 15) is 0 Å². The van der Waals surface area contributed by atoms with Crippen LogP contribution in [0.2, 0.25) is 0 Å². The number of hydrogen-bond donors (Lipinski definition) is 1. The summed E-state index contributed by atoms with van der Waals surface area (Å²) in [5.41, 5.74) is 0.843. The number of aromatic nitrogens is 3. The van der Waals surface area contributed by atoms with Crippen LogP contribution in [0.4, 0.5) is 0 Å². The summed E-state index contributed by atoms with van der Waals surface area (Å²) in [6, 6.07) is 3.70. The first-order valence-corrected chi connectivity index (χ1v) is 6.24. The van der Waals surface area contributed by atoms with Crippen LogP contribution in [0.25, 0.3) is 0 Å². The minimum Gasteiger partial charge on any atom is -0.428 e. The van der Waals surface area contributed by atoms with E-state index in [-0.39, 0.29) is 0 Å². The van der Waals surface area contributed by atoms with E-state index < -0.39 is 0 Å². The zero-order chi connectivity index (χ0) is 12.1. The summed E-state index contributed by atoms with van der Waals surface area (Å²) in [7, 11) is 0. The van der Waals surface area contributed by atoms with Crippen molar-refractivity contribution in [1.82, 2.24) is 20.5 Å². The summed E-state index contributed by atoms with van der Waals surface area (Å²) in [5, 5.41) is 12.7. The number of hydrogen-bond acceptors (Lipinski definition) is 6. The fraction of sp³-hybridized carbons (Fsp3) is 0.364. The van der Waals surface area contributed by atoms with Crippen molar-refractivity contribution in [2.75, 3.05) is 6.54 Å². The zero-order valence-electron chi connectivity index (χ0n) is 9.80. The van der Waals surface area contributed by atoms with Gasteiger partial charge in [-0.3, -0.25) is 4.98 Å². The highest BCUT2D eigenvalue weighted by Gasteiger charge is 2.07. The largest absolute Gasteiger partial charge is 0.428 e. The lowest BCUT2D eigenvalue weighted by Crippen LogP contribution is -2.11. The molecule has 0 amide bonds. The van der Waals surface area contributed by atoms with Crippen molar-refractivity contribution in [3.05, 3.63) is 29.0 Å². The first-order chi connectivity index (χ1) is 8.29. The molecule has 0 spiro atoms. The van der Waals surface area contributed by atoms with Crippen molar-refractivity contribution in [3.8, 4) is 10.9 Å². The van der Waals surface area contributed by atoms with E-state index in [0.29, 0.717) is 5.19 Å². The third kappa shape index (κ3) is 3.21. The topological polar surface area (TPSA) is 59.9 Å². The highest BCUT2D eigenvalue weighted by Crippen LogP contribution is 2.26. The molecule has 90 valence electrons. The van der Waals surface area contributed by atoms with Gasteiger partial charge in [-0.25, -0.2) is 0 Å². The summed E-state index contributed by atoms with van der Waals surface area (Å²) in [6.45, 7) is 5.59. The lowest BCUT2D eigenvalue weighted by atomic mass is 10.3. The molecule has 0 unspecified atom stereocenters. The molecule has 0 aliphatic heterocycles. The molecule has 5 nitrogen and oxygen atoms in total. The van der Waals surface area contributed by atoms with Gasteiger partial charge in [0.1, 0.15) is 5.01 Å². The SMILES string of the molecule is CCNCc1nnc(Oc2cccnc2C)s1. The number of nitrogens with zero attached hydrogens (tertiary/aromatic N) is 3. The Bertz CT molecular complexity index is 486. The highest BCUT2D eigenvalue weighted by molar-refractivity contribution is 7.13. The Balaban J connectivity index is 2.04. The lowest BCUT2D eigenvalue weighted by Gasteiger charge is -2.02. The Morgan fingerprint density at radius 1 is 1.41 bits per heavy atom. The predicted octanol–water partition coefficient (Wildman–Crippen LogP) is 2.14. The van der Waals surface area contributed by atoms with Gasteiger partial charge in [-0.05, 0) is 25.6 Å². The Kier molecular flexibility index (Phi) is 4.00. The maximum absolute atomic E-state index is 5.62. The van der Waals surface area contributed by atoms with Gasteiger partial charge < -0.3 is 10.1 Å². The van der Waals surface area contributed by atoms with Crippen LogP contribution in [0.3, 0.4) is 0 Å². The van der Waals surface area contributed by atoms with Gasteiger partial charge in [0.2, 0.25) is 0 Å². The van der Waals surface area contributed by atoms with E-state index in [2.05, 4.69) is 27.4 Å². The van der Waals surface area contributed by atoms with E-state index in [1.54, 1.807) is 6.20 Å². The van der Waals surface area contributed by atoms with Crippen LogP contribution in [-0.2, 0) is 6.54 Å². The number of rotatable bonds is 5. The summed E-state index contributed by atoms with van der Waals surface area (Å²) in [6.07, 6.45) is 1.74. The van der Waals surface area contributed by atoms with Crippen LogP contribution in [0, 0.1) is 6.92 Å². The van der Waals surface area contributed by atoms with Crippen LogP contribution in [0.15, 0.2) is 18.3 Å². The van der Waals surface area contributed by atoms with Crippen LogP contribution >= 0.6 is 11.3 Å². The van der Waals surface area contributed by atoms with Crippen molar-refractivity contribution in [2.24, 2.45) is 0 Å². The van der Waals surface area contributed by atoms with E-state index in [4.69, 9.17) is 4.74 Å². The number of nitrogens with one attached hydrogen (secondary N) is 1. The van der Waals surface area contributed by atoms with E-state index >= 15 is 0 Å². The maximum Gasteiger partial charge on any atom is 0.299 e. The number of pyridine rings is 1. The fourth-order valence-corrected chi connectivity index (χ4v) is 1.92. The molecule has 0 aromatic carbocycles. The zero-order valence-corrected chi connectivity index (χ0v) is 10.6. The van der Waals surface area contributed by atoms with Crippen molar-refractivity contribution in [3.63, 3.8) is 0 Å². The van der Waals surface area contributed by atoms with Crippen molar-refractivity contribution in [1.29, 1.82) is 0 Å². The van der Waals surface area contributed by atoms with Gasteiger partial charge in [0.05, 0.1) is 5.69 Å². The molecule has 2 rings (SSSR count). The second-order valence-corrected chi connectivity index (χ2v) is 4.46. The van der Waals surface area contributed by atoms with Gasteiger partial charge in [0.15, 0.2) is 5.75 Å². The third-order valence-corrected chi connectivity index (χ3v) is 2.93. The predicted molar refractivity (Wildman–Crippen MR) is 66.3 cm³/mol. The van der Waals surface area contributed by atoms with Crippen molar-refractivity contribution < 1.29 is 4.74 Å². The normalized spacial score (nSPS) is 10.5. The molecule has 0 radical (unpaired) electrons. The average molecular weight is 250 g/mol. The Morgan fingerprint density at radius 3 is 3.06 bits per heavy atom. The monoisotopic (exact) mass is 250 g/mol. The Labute approximate surface area is 104 Å². The van der Waals surface area contributed by atoms with Gasteiger partial charge >= 0.3 is 0 Å². The molecular formula is C11H14N4OS. The van der Waals surface area contributed by atoms with Crippen LogP contribution in [0.1, 0.15) is 17.6 Å². The van der Waals surface area contributed by atoms with Gasteiger partial charge in [0, 0.05) is 12.7 Å². The molecule has 2 aromatic heterocycles. The minimum absolute atomic E-state index is 0.550. The second-order valence-electron chi connectivity index (χ2n) is 3.43. The first-order valence-electron chi connectivity index (χ1n) is 5.42. The van der Waals surface area contributed by atoms with Crippen molar-refractivity contribution >= 4 is 11.3 Å². The third-order valence-electron chi connectivity index (χ3n) is 2.13. The molecule has 17 heavy (non-hydrogen) atoms. The van der Waals surface area contributed by atoms with E-state index in [0.717, 1.165) is 29.5 Å². The summed E-state index contributed by atoms with van der Waals surface area (Å²) >= 11 is 1.44. The number of aryl methyl sites for hydroxylation is 1. The lowest BCUT2D eigenvalue weighted by molar-refractivity contribution is 0.466. The Hall–Kier alpha value is -1.53. The van der Waals surface area contributed by atoms with E-state index in [1.807, 2.05) is 19.1 Å². The summed E-state index contributed by atoms with van der Waals surface area (Å²) < 4.78 is 5.62. The molecule has 2 heterocycles. The fourth-order valence-electron chi connectivity index (χ4n) is 1.25. The quantitative estimate of drug-likeness (QED) is 0.881. The standard InChI is InChI=1S/C11H14N4OS/c1-3-12-7-10-14-15-11(17-10)16-9-5-4-6-13-8(9)2/h4-6,12H,3,7H2,1-2H3. The number of ether oxygens (including phenoxy) is 1. The Morgan fingerprint density at radius 2 is 2.29 bits per heavy atom. The molecule has 0 bridgehead atoms. The molecule has 2 aromatic rings. The van der Waals surface area contributed by atoms with Crippen molar-refractivity contribution in [2.45, 2.75) is 20.4 Å². The minimum atomic E-state index is 0.550. The summed E-state index contributed by atoms with van der Waals surface area (Å²) in [4.78, 5) is 4.15. The van der Waals surface area contributed by atoms with E-state index in [1.165, 1.54) is 11.3 Å². The molecule has 0 fully saturated rings. The molecule has 6 heteroatoms. The maximum atomic E-state index is 5.62. The first kappa shape index (κ1) is 11.9. The van der Waals surface area contributed by atoms with Gasteiger partial charge in [-0.1, -0.05) is 23.4 Å². The van der Waals surface area contributed by atoms with Gasteiger partial charge in [0.25, 0.3) is 5.19 Å². The molecule has 0 saturated carbocycles. The van der Waals surface area contributed by atoms with Crippen LogP contribution in [0.5, 0.6) is 10.9 Å². The molecule has 0 aliphatic rings. The molecule has 1 N–H and O–H groups in total. The second kappa shape index (κ2) is 5.70. The van der Waals surface area contributed by atoms with Gasteiger partial charge in [-0.2, -0.15) is 0 Å². The molecule has 0 aliphatic carbocycles. The highest BCUT2D eigenvalue weighted by atomic mass is 32.1. The smallest absolute Gasteiger partial charge is 0.299 e. The van der Waals surface area contributed by atoms with Crippen LogP contribution in [-0.4, -0.2) is 21.7 Å². The molecule has 0 atom stereocenters. The van der Waals surface area contributed by atoms with Crippen LogP contribution < -0.4 is 10.1 Å².